The molecule has 0 saturated carbocycles. The molecule has 2 aliphatic rings. The van der Waals surface area contributed by atoms with Crippen molar-refractivity contribution in [3.8, 4) is 0 Å². The second-order valence-electron chi connectivity index (χ2n) is 4.08. The van der Waals surface area contributed by atoms with Gasteiger partial charge in [-0.25, -0.2) is 0 Å². The number of hydrogen-bond acceptors (Lipinski definition) is 3. The van der Waals surface area contributed by atoms with Gasteiger partial charge in [0, 0.05) is 11.1 Å². The van der Waals surface area contributed by atoms with Gasteiger partial charge in [-0.15, -0.1) is 0 Å². The van der Waals surface area contributed by atoms with Gasteiger partial charge in [-0.05, 0) is 27.7 Å². The van der Waals surface area contributed by atoms with Crippen LogP contribution >= 0.6 is 0 Å². The molecular weight excluding hydrogens is 192 g/mol. The van der Waals surface area contributed by atoms with Crippen molar-refractivity contribution in [1.29, 1.82) is 0 Å². The van der Waals surface area contributed by atoms with Gasteiger partial charge in [0.2, 0.25) is 0 Å². The number of Topliss-reactive ketones (excluding diaryl/α,β-unsaturated/α-hetero) is 2. The Morgan fingerprint density at radius 3 is 1.40 bits per heavy atom. The average Bonchev–Trinajstić information content (AvgIpc) is 2.82. The minimum atomic E-state index is -0.881. The Hall–Kier alpha value is -0.960. The smallest absolute Gasteiger partial charge is 0.193 e. The predicted octanol–water partition coefficient (Wildman–Crippen LogP) is 2.05. The topological polar surface area (TPSA) is 46.7 Å². The summed E-state index contributed by atoms with van der Waals surface area (Å²) < 4.78 is 5.28. The van der Waals surface area contributed by atoms with Crippen LogP contribution in [0.5, 0.6) is 0 Å². The molecule has 1 fully saturated rings. The summed E-state index contributed by atoms with van der Waals surface area (Å²) in [4.78, 5) is 23.4. The molecule has 0 amide bonds. The van der Waals surface area contributed by atoms with Crippen LogP contribution in [-0.4, -0.2) is 22.8 Å². The van der Waals surface area contributed by atoms with E-state index < -0.39 is 11.2 Å². The van der Waals surface area contributed by atoms with Crippen LogP contribution in [0.1, 0.15) is 41.5 Å². The third-order valence-corrected chi connectivity index (χ3v) is 3.39. The lowest BCUT2D eigenvalue weighted by molar-refractivity contribution is -0.124. The van der Waals surface area contributed by atoms with Crippen molar-refractivity contribution in [3.63, 3.8) is 0 Å². The Morgan fingerprint density at radius 2 is 1.13 bits per heavy atom. The second kappa shape index (κ2) is 3.27. The van der Waals surface area contributed by atoms with Crippen molar-refractivity contribution in [3.05, 3.63) is 11.1 Å². The molecule has 3 nitrogen and oxygen atoms in total. The summed E-state index contributed by atoms with van der Waals surface area (Å²) in [5.41, 5.74) is -0.675. The molecule has 2 unspecified atom stereocenters. The molecule has 0 aromatic rings. The van der Waals surface area contributed by atoms with Gasteiger partial charge in [0.15, 0.2) is 22.8 Å². The highest BCUT2D eigenvalue weighted by molar-refractivity contribution is 6.22. The van der Waals surface area contributed by atoms with Crippen LogP contribution in [0.4, 0.5) is 0 Å². The van der Waals surface area contributed by atoms with Crippen molar-refractivity contribution in [1.82, 2.24) is 0 Å². The predicted molar refractivity (Wildman–Crippen MR) is 57.6 cm³/mol. The summed E-state index contributed by atoms with van der Waals surface area (Å²) in [5.74, 6) is -0.0980. The van der Waals surface area contributed by atoms with Gasteiger partial charge in [-0.2, -0.15) is 0 Å². The van der Waals surface area contributed by atoms with E-state index in [1.807, 2.05) is 13.8 Å². The van der Waals surface area contributed by atoms with E-state index in [4.69, 9.17) is 4.74 Å². The molecule has 0 radical (unpaired) electrons. The largest absolute Gasteiger partial charge is 0.346 e. The molecule has 0 bridgehead atoms. The van der Waals surface area contributed by atoms with E-state index in [2.05, 4.69) is 0 Å². The van der Waals surface area contributed by atoms with Crippen LogP contribution < -0.4 is 0 Å². The second-order valence-corrected chi connectivity index (χ2v) is 4.08. The SMILES string of the molecule is CC.CC1=C(C)C(=O)C2(C)OC2(C)C1=O. The third kappa shape index (κ3) is 1.22. The van der Waals surface area contributed by atoms with Crippen molar-refractivity contribution in [2.45, 2.75) is 52.7 Å². The molecule has 0 spiro atoms. The number of ether oxygens (including phenoxy) is 1. The first-order valence-electron chi connectivity index (χ1n) is 5.32. The fourth-order valence-electron chi connectivity index (χ4n) is 1.96. The summed E-state index contributed by atoms with van der Waals surface area (Å²) >= 11 is 0. The van der Waals surface area contributed by atoms with Crippen LogP contribution in [0.15, 0.2) is 11.1 Å². The molecule has 84 valence electrons. The van der Waals surface area contributed by atoms with Crippen LogP contribution in [0, 0.1) is 0 Å². The minimum Gasteiger partial charge on any atom is -0.346 e. The van der Waals surface area contributed by atoms with Crippen LogP contribution in [0.2, 0.25) is 0 Å². The maximum absolute atomic E-state index is 11.7. The molecule has 0 aromatic heterocycles. The minimum absolute atomic E-state index is 0.0490. The van der Waals surface area contributed by atoms with Crippen molar-refractivity contribution in [2.75, 3.05) is 0 Å². The Morgan fingerprint density at radius 1 is 0.867 bits per heavy atom. The molecule has 0 N–H and O–H groups in total. The highest BCUT2D eigenvalue weighted by Crippen LogP contribution is 2.54. The summed E-state index contributed by atoms with van der Waals surface area (Å²) in [6.07, 6.45) is 0. The van der Waals surface area contributed by atoms with E-state index in [0.717, 1.165) is 0 Å². The van der Waals surface area contributed by atoms with Gasteiger partial charge in [0.05, 0.1) is 0 Å². The van der Waals surface area contributed by atoms with E-state index in [0.29, 0.717) is 11.1 Å². The van der Waals surface area contributed by atoms with Crippen molar-refractivity contribution < 1.29 is 14.3 Å². The van der Waals surface area contributed by atoms with E-state index in [9.17, 15) is 9.59 Å². The third-order valence-electron chi connectivity index (χ3n) is 3.39. The Balaban J connectivity index is 0.000000531. The first kappa shape index (κ1) is 12.1. The van der Waals surface area contributed by atoms with Gasteiger partial charge in [0.1, 0.15) is 0 Å². The number of carbonyl (C=O) groups excluding carboxylic acids is 2. The molecule has 1 aliphatic carbocycles. The molecule has 2 rings (SSSR count). The van der Waals surface area contributed by atoms with Crippen molar-refractivity contribution in [2.24, 2.45) is 0 Å². The lowest BCUT2D eigenvalue weighted by atomic mass is 9.77. The number of rotatable bonds is 0. The van der Waals surface area contributed by atoms with Gasteiger partial charge in [0.25, 0.3) is 0 Å². The summed E-state index contributed by atoms with van der Waals surface area (Å²) in [5, 5.41) is 0. The van der Waals surface area contributed by atoms with Gasteiger partial charge >= 0.3 is 0 Å². The van der Waals surface area contributed by atoms with Crippen LogP contribution in [0.3, 0.4) is 0 Å². The summed E-state index contributed by atoms with van der Waals surface area (Å²) in [7, 11) is 0. The highest BCUT2D eigenvalue weighted by Gasteiger charge is 2.74. The highest BCUT2D eigenvalue weighted by atomic mass is 16.6. The average molecular weight is 210 g/mol. The molecule has 3 heteroatoms. The summed E-state index contributed by atoms with van der Waals surface area (Å²) in [6, 6.07) is 0. The monoisotopic (exact) mass is 210 g/mol. The summed E-state index contributed by atoms with van der Waals surface area (Å²) in [6.45, 7) is 10.7. The number of epoxide rings is 1. The fraction of sp³-hybridized carbons (Fsp3) is 0.667. The standard InChI is InChI=1S/C10H12O3.C2H6/c1-5-6(2)8(12)10(4)9(3,13-10)7(5)11;1-2/h1-4H3;1-2H3. The van der Waals surface area contributed by atoms with Crippen molar-refractivity contribution >= 4 is 11.6 Å². The first-order valence-corrected chi connectivity index (χ1v) is 5.32. The first-order chi connectivity index (χ1) is 6.84. The van der Waals surface area contributed by atoms with E-state index in [-0.39, 0.29) is 11.6 Å². The quantitative estimate of drug-likeness (QED) is 0.575. The maximum Gasteiger partial charge on any atom is 0.193 e. The van der Waals surface area contributed by atoms with E-state index >= 15 is 0 Å². The molecule has 1 heterocycles. The molecule has 2 atom stereocenters. The molecule has 15 heavy (non-hydrogen) atoms. The van der Waals surface area contributed by atoms with E-state index in [1.54, 1.807) is 27.7 Å². The molecule has 1 saturated heterocycles. The number of fused-ring (bicyclic) bond motifs is 1. The van der Waals surface area contributed by atoms with Gasteiger partial charge in [-0.1, -0.05) is 13.8 Å². The lowest BCUT2D eigenvalue weighted by Gasteiger charge is -2.18. The number of ketones is 2. The van der Waals surface area contributed by atoms with Gasteiger partial charge < -0.3 is 4.74 Å². The Labute approximate surface area is 90.5 Å². The lowest BCUT2D eigenvalue weighted by Crippen LogP contribution is -2.41. The number of carbonyl (C=O) groups is 2. The Kier molecular flexibility index (Phi) is 2.64. The zero-order chi connectivity index (χ0) is 12.0. The van der Waals surface area contributed by atoms with Crippen LogP contribution in [-0.2, 0) is 14.3 Å². The van der Waals surface area contributed by atoms with E-state index in [1.165, 1.54) is 0 Å². The fourth-order valence-corrected chi connectivity index (χ4v) is 1.96. The maximum atomic E-state index is 11.7. The van der Waals surface area contributed by atoms with Crippen LogP contribution in [0.25, 0.3) is 0 Å². The molecular formula is C12H18O3. The number of hydrogen-bond donors (Lipinski definition) is 0. The molecule has 0 aromatic carbocycles. The molecule has 1 aliphatic heterocycles. The zero-order valence-electron chi connectivity index (χ0n) is 10.2. The normalized spacial score (nSPS) is 38.3. The zero-order valence-corrected chi connectivity index (χ0v) is 10.2. The Bertz CT molecular complexity index is 333. The van der Waals surface area contributed by atoms with Gasteiger partial charge in [-0.3, -0.25) is 9.59 Å².